The molecular formula is C22H23ClF3N3O2S. The standard InChI is InChI=1S/C22H23ClF3N3O2S/c1-28-8-6-16(7-9-28)29(12-14-2-5-19-20(10-14)31-13-30-19)21(32)27-18-4-3-15(11-17(18)23)22(24,25)26/h2-5,10-11,16H,6-9,12-13H2,1H3,(H,27,32). The van der Waals surface area contributed by atoms with Gasteiger partial charge < -0.3 is 24.6 Å². The lowest BCUT2D eigenvalue weighted by atomic mass is 10.0. The van der Waals surface area contributed by atoms with E-state index in [1.54, 1.807) is 0 Å². The maximum Gasteiger partial charge on any atom is 0.416 e. The number of rotatable bonds is 4. The average Bonchev–Trinajstić information content (AvgIpc) is 3.21. The van der Waals surface area contributed by atoms with Gasteiger partial charge in [-0.1, -0.05) is 17.7 Å². The van der Waals surface area contributed by atoms with Crippen LogP contribution in [0.2, 0.25) is 5.02 Å². The molecule has 0 unspecified atom stereocenters. The van der Waals surface area contributed by atoms with Crippen LogP contribution in [0.15, 0.2) is 36.4 Å². The molecule has 2 aliphatic heterocycles. The van der Waals surface area contributed by atoms with Gasteiger partial charge in [0.15, 0.2) is 16.6 Å². The predicted octanol–water partition coefficient (Wildman–Crippen LogP) is 5.38. The van der Waals surface area contributed by atoms with Crippen molar-refractivity contribution >= 4 is 34.6 Å². The third-order valence-corrected chi connectivity index (χ3v) is 6.37. The molecule has 0 spiro atoms. The van der Waals surface area contributed by atoms with Crippen molar-refractivity contribution in [1.29, 1.82) is 0 Å². The topological polar surface area (TPSA) is 37.0 Å². The molecule has 1 N–H and O–H groups in total. The second-order valence-electron chi connectivity index (χ2n) is 7.97. The van der Waals surface area contributed by atoms with Gasteiger partial charge in [0.05, 0.1) is 16.3 Å². The molecule has 2 aromatic carbocycles. The van der Waals surface area contributed by atoms with E-state index in [0.29, 0.717) is 28.8 Å². The molecule has 1 fully saturated rings. The highest BCUT2D eigenvalue weighted by atomic mass is 35.5. The van der Waals surface area contributed by atoms with Crippen LogP contribution in [0.1, 0.15) is 24.0 Å². The number of nitrogens with one attached hydrogen (secondary N) is 1. The quantitative estimate of drug-likeness (QED) is 0.586. The van der Waals surface area contributed by atoms with E-state index in [2.05, 4.69) is 22.2 Å². The first-order chi connectivity index (χ1) is 15.2. The molecule has 4 rings (SSSR count). The Balaban J connectivity index is 1.54. The first-order valence-electron chi connectivity index (χ1n) is 10.2. The largest absolute Gasteiger partial charge is 0.454 e. The summed E-state index contributed by atoms with van der Waals surface area (Å²) in [4.78, 5) is 4.34. The number of benzene rings is 2. The highest BCUT2D eigenvalue weighted by Gasteiger charge is 2.31. The predicted molar refractivity (Wildman–Crippen MR) is 121 cm³/mol. The van der Waals surface area contributed by atoms with Gasteiger partial charge in [0.1, 0.15) is 0 Å². The van der Waals surface area contributed by atoms with E-state index in [0.717, 1.165) is 43.6 Å². The number of fused-ring (bicyclic) bond motifs is 1. The van der Waals surface area contributed by atoms with E-state index >= 15 is 0 Å². The summed E-state index contributed by atoms with van der Waals surface area (Å²) in [5.41, 5.74) is 0.538. The van der Waals surface area contributed by atoms with Gasteiger partial charge in [0.25, 0.3) is 0 Å². The molecule has 2 aliphatic rings. The molecule has 0 aliphatic carbocycles. The van der Waals surface area contributed by atoms with Crippen LogP contribution in [0, 0.1) is 0 Å². The summed E-state index contributed by atoms with van der Waals surface area (Å²) in [5, 5.41) is 3.44. The molecule has 2 heterocycles. The zero-order valence-electron chi connectivity index (χ0n) is 17.4. The Morgan fingerprint density at radius 2 is 1.88 bits per heavy atom. The molecule has 172 valence electrons. The van der Waals surface area contributed by atoms with E-state index in [1.807, 2.05) is 18.2 Å². The molecule has 1 saturated heterocycles. The lowest BCUT2D eigenvalue weighted by molar-refractivity contribution is -0.137. The van der Waals surface area contributed by atoms with E-state index in [-0.39, 0.29) is 17.9 Å². The van der Waals surface area contributed by atoms with Crippen molar-refractivity contribution in [1.82, 2.24) is 9.80 Å². The Hall–Kier alpha value is -2.23. The Labute approximate surface area is 195 Å². The number of hydrogen-bond acceptors (Lipinski definition) is 4. The molecule has 0 amide bonds. The summed E-state index contributed by atoms with van der Waals surface area (Å²) in [6, 6.07) is 9.16. The molecule has 5 nitrogen and oxygen atoms in total. The fraction of sp³-hybridized carbons (Fsp3) is 0.409. The van der Waals surface area contributed by atoms with Gasteiger partial charge in [-0.05, 0) is 81.1 Å². The van der Waals surface area contributed by atoms with Crippen molar-refractivity contribution in [3.8, 4) is 11.5 Å². The number of likely N-dealkylation sites (tertiary alicyclic amines) is 1. The van der Waals surface area contributed by atoms with Gasteiger partial charge in [0.2, 0.25) is 6.79 Å². The molecule has 2 aromatic rings. The van der Waals surface area contributed by atoms with Crippen LogP contribution in [0.5, 0.6) is 11.5 Å². The number of thiocarbonyl (C=S) groups is 1. The minimum absolute atomic E-state index is 0.0337. The third kappa shape index (κ3) is 5.22. The van der Waals surface area contributed by atoms with Gasteiger partial charge in [-0.15, -0.1) is 0 Å². The third-order valence-electron chi connectivity index (χ3n) is 5.72. The van der Waals surface area contributed by atoms with Crippen molar-refractivity contribution < 1.29 is 22.6 Å². The number of ether oxygens (including phenoxy) is 2. The van der Waals surface area contributed by atoms with Gasteiger partial charge >= 0.3 is 6.18 Å². The Morgan fingerprint density at radius 3 is 2.56 bits per heavy atom. The SMILES string of the molecule is CN1CCC(N(Cc2ccc3c(c2)OCO3)C(=S)Nc2ccc(C(F)(F)F)cc2Cl)CC1. The van der Waals surface area contributed by atoms with E-state index in [4.69, 9.17) is 33.3 Å². The zero-order valence-corrected chi connectivity index (χ0v) is 19.0. The van der Waals surface area contributed by atoms with Gasteiger partial charge in [0, 0.05) is 12.6 Å². The van der Waals surface area contributed by atoms with Gasteiger partial charge in [-0.3, -0.25) is 0 Å². The molecular weight excluding hydrogens is 463 g/mol. The second kappa shape index (κ2) is 9.33. The maximum absolute atomic E-state index is 13.0. The van der Waals surface area contributed by atoms with Crippen LogP contribution in [0.25, 0.3) is 0 Å². The van der Waals surface area contributed by atoms with E-state index in [1.165, 1.54) is 6.07 Å². The van der Waals surface area contributed by atoms with Crippen LogP contribution in [0.4, 0.5) is 18.9 Å². The van der Waals surface area contributed by atoms with Gasteiger partial charge in [-0.2, -0.15) is 13.2 Å². The average molecular weight is 486 g/mol. The Bertz CT molecular complexity index is 997. The lowest BCUT2D eigenvalue weighted by Crippen LogP contribution is -2.47. The van der Waals surface area contributed by atoms with Crippen molar-refractivity contribution in [2.45, 2.75) is 31.6 Å². The van der Waals surface area contributed by atoms with Crippen LogP contribution in [-0.4, -0.2) is 47.9 Å². The fourth-order valence-corrected chi connectivity index (χ4v) is 4.44. The summed E-state index contributed by atoms with van der Waals surface area (Å²) < 4.78 is 49.8. The minimum atomic E-state index is -4.46. The van der Waals surface area contributed by atoms with Crippen LogP contribution < -0.4 is 14.8 Å². The number of alkyl halides is 3. The first kappa shape index (κ1) is 22.9. The smallest absolute Gasteiger partial charge is 0.416 e. The second-order valence-corrected chi connectivity index (χ2v) is 8.77. The molecule has 0 bridgehead atoms. The first-order valence-corrected chi connectivity index (χ1v) is 11.0. The molecule has 0 saturated carbocycles. The number of piperidine rings is 1. The van der Waals surface area contributed by atoms with E-state index in [9.17, 15) is 13.2 Å². The van der Waals surface area contributed by atoms with Crippen LogP contribution >= 0.6 is 23.8 Å². The lowest BCUT2D eigenvalue weighted by Gasteiger charge is -2.39. The van der Waals surface area contributed by atoms with Gasteiger partial charge in [-0.25, -0.2) is 0 Å². The summed E-state index contributed by atoms with van der Waals surface area (Å²) in [6.07, 6.45) is -2.62. The number of hydrogen-bond donors (Lipinski definition) is 1. The van der Waals surface area contributed by atoms with Crippen LogP contribution in [0.3, 0.4) is 0 Å². The Kier molecular flexibility index (Phi) is 6.69. The van der Waals surface area contributed by atoms with E-state index < -0.39 is 11.7 Å². The number of anilines is 1. The minimum Gasteiger partial charge on any atom is -0.454 e. The number of nitrogens with zero attached hydrogens (tertiary/aromatic N) is 2. The highest BCUT2D eigenvalue weighted by Crippen LogP contribution is 2.35. The highest BCUT2D eigenvalue weighted by molar-refractivity contribution is 7.80. The molecule has 10 heteroatoms. The van der Waals surface area contributed by atoms with Crippen LogP contribution in [-0.2, 0) is 12.7 Å². The summed E-state index contributed by atoms with van der Waals surface area (Å²) in [7, 11) is 2.08. The molecule has 0 atom stereocenters. The molecule has 0 radical (unpaired) electrons. The summed E-state index contributed by atoms with van der Waals surface area (Å²) >= 11 is 11.8. The Morgan fingerprint density at radius 1 is 1.16 bits per heavy atom. The maximum atomic E-state index is 13.0. The zero-order chi connectivity index (χ0) is 22.9. The normalized spacial score (nSPS) is 16.8. The molecule has 32 heavy (non-hydrogen) atoms. The number of halogens is 4. The van der Waals surface area contributed by atoms with Crippen molar-refractivity contribution in [2.24, 2.45) is 0 Å². The van der Waals surface area contributed by atoms with Crippen molar-refractivity contribution in [2.75, 3.05) is 32.2 Å². The van der Waals surface area contributed by atoms with Crippen molar-refractivity contribution in [3.05, 3.63) is 52.5 Å². The monoisotopic (exact) mass is 485 g/mol. The summed E-state index contributed by atoms with van der Waals surface area (Å²) in [6.45, 7) is 2.59. The fourth-order valence-electron chi connectivity index (χ4n) is 3.89. The van der Waals surface area contributed by atoms with Crippen molar-refractivity contribution in [3.63, 3.8) is 0 Å². The molecule has 0 aromatic heterocycles. The summed E-state index contributed by atoms with van der Waals surface area (Å²) in [5.74, 6) is 1.40.